The van der Waals surface area contributed by atoms with E-state index in [0.717, 1.165) is 11.3 Å². The predicted octanol–water partition coefficient (Wildman–Crippen LogP) is 3.36. The summed E-state index contributed by atoms with van der Waals surface area (Å²) in [4.78, 5) is 11.9. The van der Waals surface area contributed by atoms with Crippen molar-refractivity contribution < 1.29 is 9.32 Å². The molecule has 2 rings (SSSR count). The van der Waals surface area contributed by atoms with Gasteiger partial charge in [0.1, 0.15) is 4.60 Å². The summed E-state index contributed by atoms with van der Waals surface area (Å²) in [7, 11) is 1.86. The van der Waals surface area contributed by atoms with Crippen molar-refractivity contribution in [2.24, 2.45) is 7.05 Å². The fourth-order valence-electron chi connectivity index (χ4n) is 1.83. The number of hydrogen-bond donors (Lipinski definition) is 0. The molecule has 0 aliphatic carbocycles. The van der Waals surface area contributed by atoms with E-state index in [1.54, 1.807) is 16.8 Å². The molecule has 20 heavy (non-hydrogen) atoms. The first-order valence-corrected chi connectivity index (χ1v) is 6.95. The molecule has 2 aromatic rings. The number of hydrogen-bond acceptors (Lipinski definition) is 4. The normalized spacial score (nSPS) is 12.2. The van der Waals surface area contributed by atoms with Crippen LogP contribution in [0.15, 0.2) is 27.5 Å². The minimum atomic E-state index is -0.230. The van der Waals surface area contributed by atoms with Gasteiger partial charge in [0.15, 0.2) is 0 Å². The Bertz CT molecular complexity index is 662. The highest BCUT2D eigenvalue weighted by molar-refractivity contribution is 9.10. The van der Waals surface area contributed by atoms with E-state index in [-0.39, 0.29) is 17.0 Å². The average Bonchev–Trinajstić information content (AvgIpc) is 2.91. The summed E-state index contributed by atoms with van der Waals surface area (Å²) in [6, 6.07) is 1.54. The van der Waals surface area contributed by atoms with E-state index >= 15 is 0 Å². The van der Waals surface area contributed by atoms with E-state index in [0.29, 0.717) is 4.60 Å². The maximum atomic E-state index is 11.9. The van der Waals surface area contributed by atoms with Crippen LogP contribution in [0.25, 0.3) is 6.08 Å². The lowest BCUT2D eigenvalue weighted by molar-refractivity contribution is 0.101. The molecule has 0 fully saturated rings. The highest BCUT2D eigenvalue weighted by Crippen LogP contribution is 2.25. The zero-order chi connectivity index (χ0) is 14.9. The summed E-state index contributed by atoms with van der Waals surface area (Å²) in [5, 5.41) is 8.07. The molecule has 0 saturated heterocycles. The molecule has 0 amide bonds. The van der Waals surface area contributed by atoms with Crippen molar-refractivity contribution in [2.45, 2.75) is 26.2 Å². The summed E-state index contributed by atoms with van der Waals surface area (Å²) in [6.07, 6.45) is 5.12. The molecule has 6 heteroatoms. The first-order valence-electron chi connectivity index (χ1n) is 6.16. The number of allylic oxidation sites excluding steroid dienone is 1. The minimum Gasteiger partial charge on any atom is -0.352 e. The molecule has 2 heterocycles. The van der Waals surface area contributed by atoms with Gasteiger partial charge in [-0.15, -0.1) is 0 Å². The van der Waals surface area contributed by atoms with E-state index < -0.39 is 0 Å². The molecule has 0 unspecified atom stereocenters. The van der Waals surface area contributed by atoms with Gasteiger partial charge in [0.05, 0.1) is 5.69 Å². The van der Waals surface area contributed by atoms with Gasteiger partial charge in [-0.3, -0.25) is 9.48 Å². The predicted molar refractivity (Wildman–Crippen MR) is 79.5 cm³/mol. The van der Waals surface area contributed by atoms with E-state index in [4.69, 9.17) is 4.52 Å². The van der Waals surface area contributed by atoms with Gasteiger partial charge in [-0.25, -0.2) is 0 Å². The summed E-state index contributed by atoms with van der Waals surface area (Å²) in [6.45, 7) is 6.26. The first-order chi connectivity index (χ1) is 9.27. The Morgan fingerprint density at radius 2 is 2.15 bits per heavy atom. The van der Waals surface area contributed by atoms with Crippen LogP contribution in [-0.4, -0.2) is 20.7 Å². The zero-order valence-corrected chi connectivity index (χ0v) is 13.4. The summed E-state index contributed by atoms with van der Waals surface area (Å²) < 4.78 is 7.15. The van der Waals surface area contributed by atoms with Crippen LogP contribution in [0.1, 0.15) is 42.6 Å². The van der Waals surface area contributed by atoms with Gasteiger partial charge in [-0.1, -0.05) is 25.9 Å². The third-order valence-corrected chi connectivity index (χ3v) is 3.08. The number of aromatic nitrogens is 3. The fourth-order valence-corrected chi connectivity index (χ4v) is 2.11. The number of nitrogens with zero attached hydrogens (tertiary/aromatic N) is 3. The van der Waals surface area contributed by atoms with Crippen molar-refractivity contribution in [1.29, 1.82) is 0 Å². The SMILES string of the molecule is Cn1cc(C=CC(=O)c2cc(Br)no2)c(C(C)(C)C)n1. The number of halogens is 1. The molecule has 0 atom stereocenters. The number of ketones is 1. The van der Waals surface area contributed by atoms with Crippen LogP contribution < -0.4 is 0 Å². The fraction of sp³-hybridized carbons (Fsp3) is 0.357. The Kier molecular flexibility index (Phi) is 3.94. The Morgan fingerprint density at radius 3 is 2.70 bits per heavy atom. The molecule has 0 aromatic carbocycles. The molecular formula is C14H16BrN3O2. The van der Waals surface area contributed by atoms with Crippen LogP contribution in [0.4, 0.5) is 0 Å². The molecule has 0 saturated carbocycles. The van der Waals surface area contributed by atoms with Crippen molar-refractivity contribution in [3.8, 4) is 0 Å². The second kappa shape index (κ2) is 5.36. The van der Waals surface area contributed by atoms with Gasteiger partial charge < -0.3 is 4.52 Å². The molecule has 2 aromatic heterocycles. The molecule has 0 radical (unpaired) electrons. The Morgan fingerprint density at radius 1 is 1.45 bits per heavy atom. The van der Waals surface area contributed by atoms with Crippen molar-refractivity contribution in [1.82, 2.24) is 14.9 Å². The van der Waals surface area contributed by atoms with Gasteiger partial charge in [-0.2, -0.15) is 5.10 Å². The largest absolute Gasteiger partial charge is 0.352 e. The van der Waals surface area contributed by atoms with Crippen LogP contribution in [0, 0.1) is 0 Å². The molecule has 106 valence electrons. The number of carbonyl (C=O) groups excluding carboxylic acids is 1. The Balaban J connectivity index is 2.26. The second-order valence-corrected chi connectivity index (χ2v) is 6.38. The van der Waals surface area contributed by atoms with Crippen LogP contribution >= 0.6 is 15.9 Å². The average molecular weight is 338 g/mol. The van der Waals surface area contributed by atoms with Gasteiger partial charge in [-0.05, 0) is 28.1 Å². The molecule has 0 spiro atoms. The van der Waals surface area contributed by atoms with E-state index in [1.807, 2.05) is 13.2 Å². The van der Waals surface area contributed by atoms with Crippen molar-refractivity contribution in [3.05, 3.63) is 40.0 Å². The van der Waals surface area contributed by atoms with Crippen LogP contribution in [0.3, 0.4) is 0 Å². The van der Waals surface area contributed by atoms with Crippen LogP contribution in [0.2, 0.25) is 0 Å². The smallest absolute Gasteiger partial charge is 0.223 e. The second-order valence-electron chi connectivity index (χ2n) is 5.57. The number of rotatable bonds is 3. The van der Waals surface area contributed by atoms with Gasteiger partial charge >= 0.3 is 0 Å². The maximum Gasteiger partial charge on any atom is 0.223 e. The lowest BCUT2D eigenvalue weighted by Crippen LogP contribution is -2.13. The highest BCUT2D eigenvalue weighted by Gasteiger charge is 2.20. The van der Waals surface area contributed by atoms with Crippen molar-refractivity contribution in [2.75, 3.05) is 0 Å². The van der Waals surface area contributed by atoms with Crippen LogP contribution in [0.5, 0.6) is 0 Å². The monoisotopic (exact) mass is 337 g/mol. The summed E-state index contributed by atoms with van der Waals surface area (Å²) >= 11 is 3.14. The van der Waals surface area contributed by atoms with Crippen molar-refractivity contribution in [3.63, 3.8) is 0 Å². The number of carbonyl (C=O) groups is 1. The van der Waals surface area contributed by atoms with Gasteiger partial charge in [0, 0.05) is 30.3 Å². The molecule has 0 N–H and O–H groups in total. The lowest BCUT2D eigenvalue weighted by Gasteiger charge is -2.16. The van der Waals surface area contributed by atoms with Crippen LogP contribution in [-0.2, 0) is 12.5 Å². The third-order valence-electron chi connectivity index (χ3n) is 2.71. The number of aryl methyl sites for hydroxylation is 1. The topological polar surface area (TPSA) is 60.9 Å². The zero-order valence-electron chi connectivity index (χ0n) is 11.8. The Labute approximate surface area is 125 Å². The van der Waals surface area contributed by atoms with E-state index in [9.17, 15) is 4.79 Å². The highest BCUT2D eigenvalue weighted by atomic mass is 79.9. The molecule has 5 nitrogen and oxygen atoms in total. The molecular weight excluding hydrogens is 322 g/mol. The van der Waals surface area contributed by atoms with E-state index in [2.05, 4.69) is 47.0 Å². The standard InChI is InChI=1S/C14H16BrN3O2/c1-14(2,3)13-9(8-18(4)16-13)5-6-10(19)11-7-12(15)17-20-11/h5-8H,1-4H3. The first kappa shape index (κ1) is 14.7. The Hall–Kier alpha value is -1.69. The van der Waals surface area contributed by atoms with E-state index in [1.165, 1.54) is 6.08 Å². The molecule has 0 bridgehead atoms. The maximum absolute atomic E-state index is 11.9. The lowest BCUT2D eigenvalue weighted by atomic mass is 9.89. The van der Waals surface area contributed by atoms with Gasteiger partial charge in [0.2, 0.25) is 11.5 Å². The molecule has 0 aliphatic rings. The third kappa shape index (κ3) is 3.25. The summed E-state index contributed by atoms with van der Waals surface area (Å²) in [5.41, 5.74) is 1.79. The quantitative estimate of drug-likeness (QED) is 0.636. The van der Waals surface area contributed by atoms with Gasteiger partial charge in [0.25, 0.3) is 0 Å². The summed E-state index contributed by atoms with van der Waals surface area (Å²) in [5.74, 6) is -0.0266. The molecule has 0 aliphatic heterocycles. The minimum absolute atomic E-state index is 0.0841. The van der Waals surface area contributed by atoms with Crippen molar-refractivity contribution >= 4 is 27.8 Å².